The van der Waals surface area contributed by atoms with Gasteiger partial charge in [0.2, 0.25) is 0 Å². The van der Waals surface area contributed by atoms with Crippen molar-refractivity contribution in [2.24, 2.45) is 0 Å². The number of amides is 1. The van der Waals surface area contributed by atoms with Crippen molar-refractivity contribution in [2.45, 2.75) is 39.5 Å². The molecule has 2 rings (SSSR count). The van der Waals surface area contributed by atoms with Crippen molar-refractivity contribution < 1.29 is 14.3 Å². The number of para-hydroxylation sites is 1. The van der Waals surface area contributed by atoms with Crippen LogP contribution in [0.2, 0.25) is 0 Å². The van der Waals surface area contributed by atoms with Crippen molar-refractivity contribution in [1.29, 1.82) is 0 Å². The topological polar surface area (TPSA) is 47.6 Å². The van der Waals surface area contributed by atoms with Gasteiger partial charge in [-0.2, -0.15) is 0 Å². The normalized spacial score (nSPS) is 10.3. The van der Waals surface area contributed by atoms with Crippen molar-refractivity contribution in [3.05, 3.63) is 66.2 Å². The average molecular weight is 367 g/mol. The van der Waals surface area contributed by atoms with Gasteiger partial charge >= 0.3 is 0 Å². The van der Waals surface area contributed by atoms with E-state index < -0.39 is 0 Å². The molecule has 0 saturated carbocycles. The first-order valence-electron chi connectivity index (χ1n) is 9.50. The molecule has 2 aromatic rings. The number of carbonyl (C=O) groups is 1. The molecular formula is C23H29NO3. The molecule has 0 unspecified atom stereocenters. The maximum atomic E-state index is 12.7. The number of nitrogens with one attached hydrogen (secondary N) is 1. The third-order valence-corrected chi connectivity index (χ3v) is 3.96. The highest BCUT2D eigenvalue weighted by Gasteiger charge is 2.12. The molecule has 0 fully saturated rings. The summed E-state index contributed by atoms with van der Waals surface area (Å²) < 4.78 is 11.5. The Bertz CT molecular complexity index is 755. The zero-order valence-electron chi connectivity index (χ0n) is 16.3. The Morgan fingerprint density at radius 1 is 1.04 bits per heavy atom. The fourth-order valence-electron chi connectivity index (χ4n) is 2.56. The molecule has 1 amide bonds. The van der Waals surface area contributed by atoms with Gasteiger partial charge in [-0.15, -0.1) is 0 Å². The van der Waals surface area contributed by atoms with E-state index in [0.29, 0.717) is 30.2 Å². The lowest BCUT2D eigenvalue weighted by molar-refractivity contribution is 0.102. The van der Waals surface area contributed by atoms with E-state index >= 15 is 0 Å². The summed E-state index contributed by atoms with van der Waals surface area (Å²) in [4.78, 5) is 12.7. The molecule has 27 heavy (non-hydrogen) atoms. The van der Waals surface area contributed by atoms with E-state index in [2.05, 4.69) is 18.8 Å². The second-order valence-electron chi connectivity index (χ2n) is 6.63. The molecule has 0 spiro atoms. The van der Waals surface area contributed by atoms with Crippen molar-refractivity contribution in [1.82, 2.24) is 0 Å². The zero-order valence-corrected chi connectivity index (χ0v) is 16.3. The van der Waals surface area contributed by atoms with Crippen molar-refractivity contribution in [2.75, 3.05) is 18.5 Å². The first kappa shape index (κ1) is 20.6. The van der Waals surface area contributed by atoms with E-state index in [4.69, 9.17) is 9.47 Å². The van der Waals surface area contributed by atoms with E-state index in [-0.39, 0.29) is 5.91 Å². The number of carbonyl (C=O) groups excluding carboxylic acids is 1. The summed E-state index contributed by atoms with van der Waals surface area (Å²) >= 11 is 0. The predicted octanol–water partition coefficient (Wildman–Crippen LogP) is 5.85. The van der Waals surface area contributed by atoms with Gasteiger partial charge in [-0.1, -0.05) is 51.0 Å². The van der Waals surface area contributed by atoms with Crippen LogP contribution in [0.15, 0.2) is 60.7 Å². The lowest BCUT2D eigenvalue weighted by atomic mass is 10.1. The molecule has 0 bridgehead atoms. The van der Waals surface area contributed by atoms with Gasteiger partial charge in [0.1, 0.15) is 18.1 Å². The third-order valence-electron chi connectivity index (χ3n) is 3.96. The summed E-state index contributed by atoms with van der Waals surface area (Å²) in [5.74, 6) is 1.09. The zero-order chi connectivity index (χ0) is 19.5. The van der Waals surface area contributed by atoms with Gasteiger partial charge in [-0.25, -0.2) is 0 Å². The minimum atomic E-state index is -0.215. The summed E-state index contributed by atoms with van der Waals surface area (Å²) in [5.41, 5.74) is 2.08. The average Bonchev–Trinajstić information content (AvgIpc) is 2.66. The first-order chi connectivity index (χ1) is 13.1. The molecule has 0 aromatic heterocycles. The quantitative estimate of drug-likeness (QED) is 0.400. The minimum absolute atomic E-state index is 0.215. The molecule has 0 aliphatic rings. The van der Waals surface area contributed by atoms with Crippen molar-refractivity contribution in [3.8, 4) is 11.5 Å². The van der Waals surface area contributed by atoms with Gasteiger partial charge in [0.05, 0.1) is 12.2 Å². The Morgan fingerprint density at radius 2 is 1.85 bits per heavy atom. The predicted molar refractivity (Wildman–Crippen MR) is 111 cm³/mol. The third kappa shape index (κ3) is 7.18. The highest BCUT2D eigenvalue weighted by Crippen LogP contribution is 2.22. The Morgan fingerprint density at radius 3 is 2.63 bits per heavy atom. The molecule has 2 aromatic carbocycles. The van der Waals surface area contributed by atoms with Gasteiger partial charge in [0.15, 0.2) is 0 Å². The van der Waals surface area contributed by atoms with E-state index in [0.717, 1.165) is 17.7 Å². The van der Waals surface area contributed by atoms with Crippen LogP contribution in [0, 0.1) is 0 Å². The van der Waals surface area contributed by atoms with Gasteiger partial charge in [-0.05, 0) is 43.2 Å². The van der Waals surface area contributed by atoms with Crippen molar-refractivity contribution in [3.63, 3.8) is 0 Å². The van der Waals surface area contributed by atoms with Crippen LogP contribution in [0.1, 0.15) is 49.9 Å². The van der Waals surface area contributed by atoms with Crippen LogP contribution >= 0.6 is 0 Å². The van der Waals surface area contributed by atoms with Crippen molar-refractivity contribution >= 4 is 11.6 Å². The molecule has 4 heteroatoms. The molecule has 144 valence electrons. The molecular weight excluding hydrogens is 338 g/mol. The number of hydrogen-bond donors (Lipinski definition) is 1. The number of unbranched alkanes of at least 4 members (excludes halogenated alkanes) is 3. The number of anilines is 1. The van der Waals surface area contributed by atoms with E-state index in [1.165, 1.54) is 19.3 Å². The van der Waals surface area contributed by atoms with E-state index in [9.17, 15) is 4.79 Å². The second kappa shape index (κ2) is 11.1. The van der Waals surface area contributed by atoms with Gasteiger partial charge < -0.3 is 14.8 Å². The first-order valence-corrected chi connectivity index (χ1v) is 9.50. The number of benzene rings is 2. The lowest BCUT2D eigenvalue weighted by Crippen LogP contribution is -2.14. The lowest BCUT2D eigenvalue weighted by Gasteiger charge is -2.12. The summed E-state index contributed by atoms with van der Waals surface area (Å²) in [7, 11) is 0. The van der Waals surface area contributed by atoms with E-state index in [1.54, 1.807) is 12.1 Å². The van der Waals surface area contributed by atoms with Crippen LogP contribution in [0.25, 0.3) is 0 Å². The maximum Gasteiger partial charge on any atom is 0.259 e. The maximum absolute atomic E-state index is 12.7. The Labute approximate surface area is 162 Å². The van der Waals surface area contributed by atoms with Gasteiger partial charge in [0, 0.05) is 11.8 Å². The number of ether oxygens (including phenoxy) is 2. The summed E-state index contributed by atoms with van der Waals surface area (Å²) in [6.45, 7) is 8.97. The molecule has 0 atom stereocenters. The monoisotopic (exact) mass is 367 g/mol. The minimum Gasteiger partial charge on any atom is -0.494 e. The van der Waals surface area contributed by atoms with Crippen LogP contribution in [0.5, 0.6) is 11.5 Å². The number of hydrogen-bond acceptors (Lipinski definition) is 3. The van der Waals surface area contributed by atoms with Crippen LogP contribution < -0.4 is 14.8 Å². The summed E-state index contributed by atoms with van der Waals surface area (Å²) in [6, 6.07) is 14.7. The SMILES string of the molecule is C=C(C)COc1ccccc1C(=O)Nc1cccc(OCCCCCC)c1. The Kier molecular flexibility index (Phi) is 8.43. The number of rotatable bonds is 11. The van der Waals surface area contributed by atoms with E-state index in [1.807, 2.05) is 43.3 Å². The fraction of sp³-hybridized carbons (Fsp3) is 0.348. The molecule has 4 nitrogen and oxygen atoms in total. The van der Waals surface area contributed by atoms with Crippen LogP contribution in [0.4, 0.5) is 5.69 Å². The Hall–Kier alpha value is -2.75. The summed E-state index contributed by atoms with van der Waals surface area (Å²) in [6.07, 6.45) is 4.65. The molecule has 1 N–H and O–H groups in total. The second-order valence-corrected chi connectivity index (χ2v) is 6.63. The highest BCUT2D eigenvalue weighted by atomic mass is 16.5. The molecule has 0 aliphatic heterocycles. The van der Waals surface area contributed by atoms with Crippen LogP contribution in [-0.2, 0) is 0 Å². The van der Waals surface area contributed by atoms with Crippen LogP contribution in [0.3, 0.4) is 0 Å². The van der Waals surface area contributed by atoms with Gasteiger partial charge in [0.25, 0.3) is 5.91 Å². The largest absolute Gasteiger partial charge is 0.494 e. The summed E-state index contributed by atoms with van der Waals surface area (Å²) in [5, 5.41) is 2.92. The molecule has 0 radical (unpaired) electrons. The van der Waals surface area contributed by atoms with Gasteiger partial charge in [-0.3, -0.25) is 4.79 Å². The van der Waals surface area contributed by atoms with Crippen LogP contribution in [-0.4, -0.2) is 19.1 Å². The molecule has 0 heterocycles. The highest BCUT2D eigenvalue weighted by molar-refractivity contribution is 6.06. The smallest absolute Gasteiger partial charge is 0.259 e. The fourth-order valence-corrected chi connectivity index (χ4v) is 2.56. The molecule has 0 aliphatic carbocycles. The standard InChI is InChI=1S/C23H29NO3/c1-4-5-6-9-15-26-20-12-10-11-19(16-20)24-23(25)21-13-7-8-14-22(21)27-17-18(2)3/h7-8,10-14,16H,2,4-6,9,15,17H2,1,3H3,(H,24,25). The molecule has 0 saturated heterocycles. The Balaban J connectivity index is 1.97.